The summed E-state index contributed by atoms with van der Waals surface area (Å²) in [6, 6.07) is 7.37. The highest BCUT2D eigenvalue weighted by Gasteiger charge is 2.14. The number of nitrogens with zero attached hydrogens (tertiary/aromatic N) is 4. The number of imidazole rings is 1. The Morgan fingerprint density at radius 2 is 1.96 bits per heavy atom. The SMILES string of the molecule is CC.CC(I)n1cnc2c(Nc3cccc(Cl)c3)nc(Cl)nc21. The standard InChI is InChI=1S/C13H10Cl2IN5.C2H6/c1-7(16)21-6-17-10-11(19-13(15)20-12(10)21)18-9-4-2-3-8(14)5-9;1-2/h2-7H,1H3,(H,18,19,20);1-2H3. The van der Waals surface area contributed by atoms with Crippen LogP contribution in [0.2, 0.25) is 10.3 Å². The molecule has 1 aromatic carbocycles. The van der Waals surface area contributed by atoms with Crippen LogP contribution in [-0.4, -0.2) is 19.5 Å². The summed E-state index contributed by atoms with van der Waals surface area (Å²) in [7, 11) is 0. The Morgan fingerprint density at radius 1 is 1.22 bits per heavy atom. The molecule has 1 N–H and O–H groups in total. The Balaban J connectivity index is 0.000000924. The van der Waals surface area contributed by atoms with Gasteiger partial charge >= 0.3 is 0 Å². The molecule has 2 heterocycles. The molecular formula is C15H16Cl2IN5. The van der Waals surface area contributed by atoms with E-state index in [1.54, 1.807) is 12.4 Å². The molecule has 0 aliphatic carbocycles. The van der Waals surface area contributed by atoms with Gasteiger partial charge in [0.15, 0.2) is 17.0 Å². The second-order valence-corrected chi connectivity index (χ2v) is 6.95. The summed E-state index contributed by atoms with van der Waals surface area (Å²) in [5.41, 5.74) is 2.18. The lowest BCUT2D eigenvalue weighted by Crippen LogP contribution is -2.00. The first-order chi connectivity index (χ1) is 11.0. The van der Waals surface area contributed by atoms with Crippen molar-refractivity contribution in [2.45, 2.75) is 24.8 Å². The summed E-state index contributed by atoms with van der Waals surface area (Å²) in [6.07, 6.45) is 1.73. The Morgan fingerprint density at radius 3 is 2.61 bits per heavy atom. The summed E-state index contributed by atoms with van der Waals surface area (Å²) in [5.74, 6) is 0.558. The lowest BCUT2D eigenvalue weighted by atomic mass is 10.3. The number of rotatable bonds is 3. The largest absolute Gasteiger partial charge is 0.338 e. The minimum absolute atomic E-state index is 0.172. The van der Waals surface area contributed by atoms with Crippen molar-refractivity contribution >= 4 is 68.5 Å². The van der Waals surface area contributed by atoms with Crippen LogP contribution in [0.15, 0.2) is 30.6 Å². The molecule has 0 aliphatic heterocycles. The van der Waals surface area contributed by atoms with Crippen molar-refractivity contribution in [3.8, 4) is 0 Å². The maximum absolute atomic E-state index is 6.02. The number of alkyl halides is 1. The first kappa shape index (κ1) is 18.2. The Kier molecular flexibility index (Phi) is 6.43. The fraction of sp³-hybridized carbons (Fsp3) is 0.267. The molecule has 0 spiro atoms. The minimum Gasteiger partial charge on any atom is -0.338 e. The van der Waals surface area contributed by atoms with Gasteiger partial charge in [-0.05, 0) is 36.7 Å². The highest BCUT2D eigenvalue weighted by Crippen LogP contribution is 2.28. The summed E-state index contributed by atoms with van der Waals surface area (Å²) >= 11 is 14.3. The van der Waals surface area contributed by atoms with Crippen LogP contribution in [0.5, 0.6) is 0 Å². The van der Waals surface area contributed by atoms with Crippen LogP contribution in [-0.2, 0) is 0 Å². The highest BCUT2D eigenvalue weighted by atomic mass is 127. The van der Waals surface area contributed by atoms with Gasteiger partial charge in [-0.25, -0.2) is 4.98 Å². The molecule has 0 fully saturated rings. The average molecular weight is 464 g/mol. The van der Waals surface area contributed by atoms with Crippen molar-refractivity contribution in [1.82, 2.24) is 19.5 Å². The third-order valence-corrected chi connectivity index (χ3v) is 3.87. The van der Waals surface area contributed by atoms with Gasteiger partial charge in [0.05, 0.1) is 10.4 Å². The molecule has 0 aliphatic rings. The van der Waals surface area contributed by atoms with Crippen LogP contribution < -0.4 is 5.32 Å². The fourth-order valence-electron chi connectivity index (χ4n) is 1.94. The minimum atomic E-state index is 0.172. The van der Waals surface area contributed by atoms with Gasteiger partial charge in [-0.15, -0.1) is 0 Å². The predicted molar refractivity (Wildman–Crippen MR) is 105 cm³/mol. The van der Waals surface area contributed by atoms with Gasteiger partial charge in [0, 0.05) is 10.7 Å². The maximum Gasteiger partial charge on any atom is 0.226 e. The molecule has 8 heteroatoms. The fourth-order valence-corrected chi connectivity index (χ4v) is 2.70. The number of benzene rings is 1. The summed E-state index contributed by atoms with van der Waals surface area (Å²) < 4.78 is 2.14. The van der Waals surface area contributed by atoms with Gasteiger partial charge < -0.3 is 9.88 Å². The Hall–Kier alpha value is -1.12. The number of aromatic nitrogens is 4. The molecule has 0 saturated heterocycles. The number of halogens is 3. The van der Waals surface area contributed by atoms with Gasteiger partial charge in [-0.3, -0.25) is 0 Å². The van der Waals surface area contributed by atoms with Crippen LogP contribution in [0, 0.1) is 0 Å². The second kappa shape index (κ2) is 8.12. The van der Waals surface area contributed by atoms with Crippen molar-refractivity contribution in [2.24, 2.45) is 0 Å². The van der Waals surface area contributed by atoms with Crippen LogP contribution in [0.4, 0.5) is 11.5 Å². The molecule has 3 rings (SSSR count). The van der Waals surface area contributed by atoms with Gasteiger partial charge in [0.1, 0.15) is 0 Å². The Bertz CT molecular complexity index is 804. The molecule has 0 saturated carbocycles. The number of hydrogen-bond acceptors (Lipinski definition) is 4. The highest BCUT2D eigenvalue weighted by molar-refractivity contribution is 14.1. The van der Waals surface area contributed by atoms with E-state index in [0.717, 1.165) is 5.69 Å². The van der Waals surface area contributed by atoms with E-state index in [1.807, 2.05) is 43.5 Å². The van der Waals surface area contributed by atoms with Crippen molar-refractivity contribution in [3.63, 3.8) is 0 Å². The molecule has 2 aromatic heterocycles. The van der Waals surface area contributed by atoms with Crippen LogP contribution in [0.25, 0.3) is 11.2 Å². The van der Waals surface area contributed by atoms with Crippen molar-refractivity contribution in [3.05, 3.63) is 40.9 Å². The molecule has 0 bridgehead atoms. The van der Waals surface area contributed by atoms with Gasteiger partial charge in [-0.2, -0.15) is 9.97 Å². The number of fused-ring (bicyclic) bond motifs is 1. The normalized spacial score (nSPS) is 11.7. The summed E-state index contributed by atoms with van der Waals surface area (Å²) in [5, 5.41) is 4.00. The van der Waals surface area contributed by atoms with E-state index in [9.17, 15) is 0 Å². The molecule has 23 heavy (non-hydrogen) atoms. The quantitative estimate of drug-likeness (QED) is 0.300. The molecule has 0 radical (unpaired) electrons. The second-order valence-electron chi connectivity index (χ2n) is 4.37. The van der Waals surface area contributed by atoms with Crippen LogP contribution in [0.3, 0.4) is 0 Å². The average Bonchev–Trinajstić information content (AvgIpc) is 2.93. The van der Waals surface area contributed by atoms with Crippen molar-refractivity contribution < 1.29 is 0 Å². The van der Waals surface area contributed by atoms with E-state index < -0.39 is 0 Å². The molecule has 5 nitrogen and oxygen atoms in total. The lowest BCUT2D eigenvalue weighted by molar-refractivity contribution is 0.783. The van der Waals surface area contributed by atoms with E-state index >= 15 is 0 Å². The van der Waals surface area contributed by atoms with Gasteiger partial charge in [0.25, 0.3) is 0 Å². The van der Waals surface area contributed by atoms with Crippen molar-refractivity contribution in [1.29, 1.82) is 0 Å². The Labute approximate surface area is 158 Å². The molecular weight excluding hydrogens is 448 g/mol. The molecule has 1 unspecified atom stereocenters. The van der Waals surface area contributed by atoms with Crippen molar-refractivity contribution in [2.75, 3.05) is 5.32 Å². The van der Waals surface area contributed by atoms with E-state index in [-0.39, 0.29) is 9.33 Å². The smallest absolute Gasteiger partial charge is 0.226 e. The molecule has 1 atom stereocenters. The topological polar surface area (TPSA) is 55.6 Å². The van der Waals surface area contributed by atoms with Gasteiger partial charge in [-0.1, -0.05) is 54.1 Å². The molecule has 0 amide bonds. The number of nitrogens with one attached hydrogen (secondary N) is 1. The maximum atomic E-state index is 6.02. The predicted octanol–water partition coefficient (Wildman–Crippen LogP) is 5.86. The van der Waals surface area contributed by atoms with Gasteiger partial charge in [0.2, 0.25) is 5.28 Å². The monoisotopic (exact) mass is 463 g/mol. The van der Waals surface area contributed by atoms with E-state index in [1.165, 1.54) is 0 Å². The third-order valence-electron chi connectivity index (χ3n) is 2.86. The van der Waals surface area contributed by atoms with E-state index in [2.05, 4.69) is 42.9 Å². The lowest BCUT2D eigenvalue weighted by Gasteiger charge is -2.09. The molecule has 122 valence electrons. The zero-order chi connectivity index (χ0) is 17.0. The van der Waals surface area contributed by atoms with Crippen LogP contribution >= 0.6 is 45.8 Å². The van der Waals surface area contributed by atoms with Crippen LogP contribution in [0.1, 0.15) is 24.8 Å². The first-order valence-corrected chi connectivity index (χ1v) is 9.11. The number of hydrogen-bond donors (Lipinski definition) is 1. The van der Waals surface area contributed by atoms with E-state index in [0.29, 0.717) is 22.0 Å². The zero-order valence-electron chi connectivity index (χ0n) is 12.9. The van der Waals surface area contributed by atoms with E-state index in [4.69, 9.17) is 23.2 Å². The molecule has 3 aromatic rings. The zero-order valence-corrected chi connectivity index (χ0v) is 16.6. The third kappa shape index (κ3) is 4.24. The summed E-state index contributed by atoms with van der Waals surface area (Å²) in [6.45, 7) is 6.04. The first-order valence-electron chi connectivity index (χ1n) is 7.11. The number of anilines is 2. The summed E-state index contributed by atoms with van der Waals surface area (Å²) in [4.78, 5) is 12.9.